The maximum atomic E-state index is 12.2. The molecular weight excluding hydrogens is 330 g/mol. The summed E-state index contributed by atoms with van der Waals surface area (Å²) in [6.45, 7) is 4.39. The van der Waals surface area contributed by atoms with Crippen LogP contribution in [0.25, 0.3) is 0 Å². The predicted octanol–water partition coefficient (Wildman–Crippen LogP) is 2.73. The number of rotatable bonds is 8. The van der Waals surface area contributed by atoms with Gasteiger partial charge in [-0.15, -0.1) is 0 Å². The molecule has 26 heavy (non-hydrogen) atoms. The molecule has 0 saturated heterocycles. The van der Waals surface area contributed by atoms with Crippen LogP contribution in [0.1, 0.15) is 59.5 Å². The summed E-state index contributed by atoms with van der Waals surface area (Å²) in [5.74, 6) is 1.21. The highest BCUT2D eigenvalue weighted by molar-refractivity contribution is 5.94. The van der Waals surface area contributed by atoms with Crippen LogP contribution in [0.4, 0.5) is 0 Å². The molecule has 6 nitrogen and oxygen atoms in total. The Kier molecular flexibility index (Phi) is 5.71. The lowest BCUT2D eigenvalue weighted by Gasteiger charge is -2.14. The summed E-state index contributed by atoms with van der Waals surface area (Å²) in [6, 6.07) is 9.33. The first-order valence-electron chi connectivity index (χ1n) is 9.11. The number of aromatic nitrogens is 1. The number of nitrogens with zero attached hydrogens (tertiary/aromatic N) is 1. The van der Waals surface area contributed by atoms with Crippen LogP contribution in [0.15, 0.2) is 34.9 Å². The van der Waals surface area contributed by atoms with E-state index in [1.807, 2.05) is 38.1 Å². The molecule has 1 heterocycles. The molecule has 2 aromatic rings. The molecule has 1 unspecified atom stereocenters. The third-order valence-corrected chi connectivity index (χ3v) is 4.46. The molecule has 138 valence electrons. The van der Waals surface area contributed by atoms with E-state index >= 15 is 0 Å². The zero-order chi connectivity index (χ0) is 18.5. The fourth-order valence-corrected chi connectivity index (χ4v) is 2.79. The highest BCUT2D eigenvalue weighted by atomic mass is 16.5. The lowest BCUT2D eigenvalue weighted by atomic mass is 10.1. The van der Waals surface area contributed by atoms with Gasteiger partial charge in [0.25, 0.3) is 5.91 Å². The SMILES string of the molecule is Cc1cccc(C(=O)NC(C)CCNC(=O)Cc2cc(C3CC3)on2)c1. The third-order valence-electron chi connectivity index (χ3n) is 4.46. The Morgan fingerprint density at radius 3 is 2.85 bits per heavy atom. The van der Waals surface area contributed by atoms with Crippen LogP contribution >= 0.6 is 0 Å². The molecule has 1 saturated carbocycles. The summed E-state index contributed by atoms with van der Waals surface area (Å²) in [6.07, 6.45) is 3.18. The second-order valence-corrected chi connectivity index (χ2v) is 7.05. The molecule has 1 atom stereocenters. The van der Waals surface area contributed by atoms with Crippen LogP contribution in [0.2, 0.25) is 0 Å². The molecule has 1 aliphatic rings. The van der Waals surface area contributed by atoms with E-state index in [4.69, 9.17) is 4.52 Å². The highest BCUT2D eigenvalue weighted by Gasteiger charge is 2.28. The Morgan fingerprint density at radius 2 is 2.12 bits per heavy atom. The monoisotopic (exact) mass is 355 g/mol. The Morgan fingerprint density at radius 1 is 1.31 bits per heavy atom. The second-order valence-electron chi connectivity index (χ2n) is 7.05. The minimum absolute atomic E-state index is 0.0307. The van der Waals surface area contributed by atoms with Gasteiger partial charge >= 0.3 is 0 Å². The van der Waals surface area contributed by atoms with E-state index < -0.39 is 0 Å². The van der Waals surface area contributed by atoms with Crippen molar-refractivity contribution in [1.82, 2.24) is 15.8 Å². The van der Waals surface area contributed by atoms with Gasteiger partial charge in [0.05, 0.1) is 12.1 Å². The minimum Gasteiger partial charge on any atom is -0.361 e. The van der Waals surface area contributed by atoms with Crippen LogP contribution in [-0.4, -0.2) is 29.6 Å². The maximum absolute atomic E-state index is 12.2. The average molecular weight is 355 g/mol. The molecule has 2 N–H and O–H groups in total. The molecular formula is C20H25N3O3. The number of aryl methyl sites for hydroxylation is 1. The summed E-state index contributed by atoms with van der Waals surface area (Å²) in [5, 5.41) is 9.77. The van der Waals surface area contributed by atoms with Gasteiger partial charge in [0.15, 0.2) is 0 Å². The van der Waals surface area contributed by atoms with E-state index in [2.05, 4.69) is 15.8 Å². The summed E-state index contributed by atoms with van der Waals surface area (Å²) >= 11 is 0. The van der Waals surface area contributed by atoms with Gasteiger partial charge in [0.1, 0.15) is 5.76 Å². The second kappa shape index (κ2) is 8.17. The van der Waals surface area contributed by atoms with E-state index in [9.17, 15) is 9.59 Å². The van der Waals surface area contributed by atoms with Gasteiger partial charge in [0.2, 0.25) is 5.91 Å². The number of benzene rings is 1. The molecule has 0 radical (unpaired) electrons. The lowest BCUT2D eigenvalue weighted by Crippen LogP contribution is -2.36. The third kappa shape index (κ3) is 5.18. The minimum atomic E-state index is -0.0947. The fraction of sp³-hybridized carbons (Fsp3) is 0.450. The van der Waals surface area contributed by atoms with Gasteiger partial charge in [-0.3, -0.25) is 9.59 Å². The van der Waals surface area contributed by atoms with Crippen molar-refractivity contribution in [2.24, 2.45) is 0 Å². The molecule has 1 aromatic carbocycles. The van der Waals surface area contributed by atoms with E-state index in [0.717, 1.165) is 24.2 Å². The molecule has 1 aliphatic carbocycles. The normalized spacial score (nSPS) is 14.7. The first kappa shape index (κ1) is 18.2. The smallest absolute Gasteiger partial charge is 0.251 e. The molecule has 0 aliphatic heterocycles. The quantitative estimate of drug-likeness (QED) is 0.762. The van der Waals surface area contributed by atoms with Gasteiger partial charge in [-0.25, -0.2) is 0 Å². The van der Waals surface area contributed by atoms with Gasteiger partial charge in [0, 0.05) is 30.1 Å². The van der Waals surface area contributed by atoms with E-state index in [-0.39, 0.29) is 24.3 Å². The molecule has 3 rings (SSSR count). The van der Waals surface area contributed by atoms with Crippen LogP contribution in [0.5, 0.6) is 0 Å². The van der Waals surface area contributed by atoms with Crippen LogP contribution in [0.3, 0.4) is 0 Å². The number of amides is 2. The molecule has 0 bridgehead atoms. The molecule has 1 fully saturated rings. The Balaban J connectivity index is 1.36. The number of hydrogen-bond donors (Lipinski definition) is 2. The maximum Gasteiger partial charge on any atom is 0.251 e. The molecule has 1 aromatic heterocycles. The number of hydrogen-bond acceptors (Lipinski definition) is 4. The van der Waals surface area contributed by atoms with Crippen molar-refractivity contribution in [1.29, 1.82) is 0 Å². The van der Waals surface area contributed by atoms with Crippen LogP contribution in [-0.2, 0) is 11.2 Å². The molecule has 0 spiro atoms. The van der Waals surface area contributed by atoms with Gasteiger partial charge in [-0.1, -0.05) is 22.9 Å². The molecule has 6 heteroatoms. The van der Waals surface area contributed by atoms with Crippen LogP contribution < -0.4 is 10.6 Å². The van der Waals surface area contributed by atoms with Crippen molar-refractivity contribution in [3.05, 3.63) is 52.9 Å². The van der Waals surface area contributed by atoms with Crippen molar-refractivity contribution in [3.63, 3.8) is 0 Å². The highest BCUT2D eigenvalue weighted by Crippen LogP contribution is 2.40. The Labute approximate surface area is 153 Å². The molecule has 2 amide bonds. The number of nitrogens with one attached hydrogen (secondary N) is 2. The van der Waals surface area contributed by atoms with Crippen molar-refractivity contribution in [3.8, 4) is 0 Å². The van der Waals surface area contributed by atoms with Gasteiger partial charge < -0.3 is 15.2 Å². The first-order valence-corrected chi connectivity index (χ1v) is 9.11. The van der Waals surface area contributed by atoms with Gasteiger partial charge in [-0.05, 0) is 45.2 Å². The summed E-state index contributed by atoms with van der Waals surface area (Å²) in [4.78, 5) is 24.2. The predicted molar refractivity (Wildman–Crippen MR) is 97.9 cm³/mol. The zero-order valence-corrected chi connectivity index (χ0v) is 15.2. The van der Waals surface area contributed by atoms with E-state index in [1.54, 1.807) is 6.07 Å². The van der Waals surface area contributed by atoms with E-state index in [0.29, 0.717) is 30.1 Å². The van der Waals surface area contributed by atoms with Crippen molar-refractivity contribution < 1.29 is 14.1 Å². The number of carbonyl (C=O) groups is 2. The Hall–Kier alpha value is -2.63. The van der Waals surface area contributed by atoms with E-state index in [1.165, 1.54) is 0 Å². The fourth-order valence-electron chi connectivity index (χ4n) is 2.79. The standard InChI is InChI=1S/C20H25N3O3/c1-13-4-3-5-16(10-13)20(25)22-14(2)8-9-21-19(24)12-17-11-18(26-23-17)15-6-7-15/h3-5,10-11,14-15H,6-9,12H2,1-2H3,(H,21,24)(H,22,25). The zero-order valence-electron chi connectivity index (χ0n) is 15.2. The van der Waals surface area contributed by atoms with Crippen molar-refractivity contribution in [2.45, 2.75) is 51.5 Å². The van der Waals surface area contributed by atoms with Crippen LogP contribution in [0, 0.1) is 6.92 Å². The summed E-state index contributed by atoms with van der Waals surface area (Å²) < 4.78 is 5.25. The first-order chi connectivity index (χ1) is 12.5. The average Bonchev–Trinajstić information content (AvgIpc) is 3.35. The van der Waals surface area contributed by atoms with Crippen molar-refractivity contribution >= 4 is 11.8 Å². The van der Waals surface area contributed by atoms with Crippen molar-refractivity contribution in [2.75, 3.05) is 6.54 Å². The summed E-state index contributed by atoms with van der Waals surface area (Å²) in [5.41, 5.74) is 2.37. The topological polar surface area (TPSA) is 84.2 Å². The Bertz CT molecular complexity index is 780. The summed E-state index contributed by atoms with van der Waals surface area (Å²) in [7, 11) is 0. The lowest BCUT2D eigenvalue weighted by molar-refractivity contribution is -0.120. The number of carbonyl (C=O) groups excluding carboxylic acids is 2. The van der Waals surface area contributed by atoms with Gasteiger partial charge in [-0.2, -0.15) is 0 Å². The largest absolute Gasteiger partial charge is 0.361 e.